The van der Waals surface area contributed by atoms with Crippen LogP contribution in [-0.2, 0) is 6.61 Å². The predicted octanol–water partition coefficient (Wildman–Crippen LogP) is 5.64. The Balaban J connectivity index is 1.70. The topological polar surface area (TPSA) is 57.9 Å². The summed E-state index contributed by atoms with van der Waals surface area (Å²) in [7, 11) is 3.06. The highest BCUT2D eigenvalue weighted by Crippen LogP contribution is 2.34. The molecule has 0 bridgehead atoms. The number of fused-ring (bicyclic) bond motifs is 1. The monoisotopic (exact) mass is 438 g/mol. The van der Waals surface area contributed by atoms with Crippen molar-refractivity contribution in [3.05, 3.63) is 87.8 Å². The molecule has 0 saturated heterocycles. The van der Waals surface area contributed by atoms with Crippen molar-refractivity contribution in [1.29, 1.82) is 0 Å². The fourth-order valence-electron chi connectivity index (χ4n) is 3.58. The molecule has 1 heterocycles. The number of aryl methyl sites for hydroxylation is 1. The minimum absolute atomic E-state index is 0.172. The molecule has 0 aliphatic carbocycles. The number of hydrogen-bond acceptors (Lipinski definition) is 5. The molecule has 0 unspecified atom stereocenters. The van der Waals surface area contributed by atoms with Crippen LogP contribution in [0.15, 0.2) is 63.8 Å². The van der Waals surface area contributed by atoms with E-state index < -0.39 is 17.3 Å². The number of benzene rings is 3. The van der Waals surface area contributed by atoms with Gasteiger partial charge in [-0.05, 0) is 54.4 Å². The fraction of sp³-hybridized carbons (Fsp3) is 0.160. The highest BCUT2D eigenvalue weighted by Gasteiger charge is 2.16. The second-order valence-corrected chi connectivity index (χ2v) is 7.11. The summed E-state index contributed by atoms with van der Waals surface area (Å²) in [5.74, 6) is -0.0118. The van der Waals surface area contributed by atoms with Crippen LogP contribution in [0, 0.1) is 18.6 Å². The summed E-state index contributed by atoms with van der Waals surface area (Å²) < 4.78 is 49.3. The van der Waals surface area contributed by atoms with Gasteiger partial charge in [-0.2, -0.15) is 0 Å². The van der Waals surface area contributed by atoms with Gasteiger partial charge in [-0.3, -0.25) is 0 Å². The van der Waals surface area contributed by atoms with Crippen LogP contribution < -0.4 is 19.8 Å². The first kappa shape index (κ1) is 21.4. The molecule has 5 nitrogen and oxygen atoms in total. The summed E-state index contributed by atoms with van der Waals surface area (Å²) in [6.45, 7) is 1.53. The Morgan fingerprint density at radius 1 is 0.906 bits per heavy atom. The number of ether oxygens (including phenoxy) is 3. The van der Waals surface area contributed by atoms with Crippen LogP contribution in [-0.4, -0.2) is 14.2 Å². The zero-order valence-electron chi connectivity index (χ0n) is 17.7. The summed E-state index contributed by atoms with van der Waals surface area (Å²) in [5.41, 5.74) is 1.36. The minimum Gasteiger partial charge on any atom is -0.493 e. The molecule has 4 rings (SSSR count). The standard InChI is InChI=1S/C25H20F2O5/c1-14-17-9-8-16(31-13-18-19(26)5-4-6-20(18)27)12-22(17)32-25(28)24(14)15-7-10-21(29-2)23(11-15)30-3/h4-12H,13H2,1-3H3. The molecule has 3 aromatic carbocycles. The van der Waals surface area contributed by atoms with E-state index in [4.69, 9.17) is 18.6 Å². The number of halogens is 2. The molecule has 0 N–H and O–H groups in total. The van der Waals surface area contributed by atoms with Crippen LogP contribution in [0.1, 0.15) is 11.1 Å². The third kappa shape index (κ3) is 3.89. The molecule has 0 fully saturated rings. The Kier molecular flexibility index (Phi) is 5.81. The first-order valence-corrected chi connectivity index (χ1v) is 9.78. The first-order valence-electron chi connectivity index (χ1n) is 9.78. The van der Waals surface area contributed by atoms with Crippen molar-refractivity contribution < 1.29 is 27.4 Å². The lowest BCUT2D eigenvalue weighted by atomic mass is 9.99. The van der Waals surface area contributed by atoms with E-state index in [1.54, 1.807) is 30.3 Å². The summed E-state index contributed by atoms with van der Waals surface area (Å²) in [4.78, 5) is 12.8. The molecule has 4 aromatic rings. The third-order valence-corrected chi connectivity index (χ3v) is 5.26. The Morgan fingerprint density at radius 3 is 2.31 bits per heavy atom. The van der Waals surface area contributed by atoms with Crippen molar-refractivity contribution in [1.82, 2.24) is 0 Å². The lowest BCUT2D eigenvalue weighted by molar-refractivity contribution is 0.292. The number of rotatable bonds is 6. The van der Waals surface area contributed by atoms with E-state index in [1.807, 2.05) is 6.92 Å². The zero-order valence-corrected chi connectivity index (χ0v) is 17.7. The van der Waals surface area contributed by atoms with Crippen LogP contribution in [0.25, 0.3) is 22.1 Å². The molecule has 0 amide bonds. The predicted molar refractivity (Wildman–Crippen MR) is 116 cm³/mol. The van der Waals surface area contributed by atoms with E-state index in [9.17, 15) is 13.6 Å². The minimum atomic E-state index is -0.687. The quantitative estimate of drug-likeness (QED) is 0.365. The lowest BCUT2D eigenvalue weighted by Gasteiger charge is -2.13. The van der Waals surface area contributed by atoms with Crippen LogP contribution >= 0.6 is 0 Å². The van der Waals surface area contributed by atoms with Gasteiger partial charge in [0.2, 0.25) is 0 Å². The summed E-state index contributed by atoms with van der Waals surface area (Å²) in [6.07, 6.45) is 0. The fourth-order valence-corrected chi connectivity index (χ4v) is 3.58. The Bertz CT molecular complexity index is 1340. The Labute approximate surface area is 182 Å². The van der Waals surface area contributed by atoms with E-state index in [-0.39, 0.29) is 12.2 Å². The summed E-state index contributed by atoms with van der Waals surface area (Å²) >= 11 is 0. The van der Waals surface area contributed by atoms with Gasteiger partial charge < -0.3 is 18.6 Å². The molecule has 0 radical (unpaired) electrons. The summed E-state index contributed by atoms with van der Waals surface area (Å²) in [6, 6.07) is 13.7. The average Bonchev–Trinajstić information content (AvgIpc) is 2.78. The maximum absolute atomic E-state index is 13.8. The molecular formula is C25H20F2O5. The van der Waals surface area contributed by atoms with Gasteiger partial charge >= 0.3 is 5.63 Å². The van der Waals surface area contributed by atoms with Gasteiger partial charge in [0.05, 0.1) is 25.3 Å². The van der Waals surface area contributed by atoms with E-state index in [1.165, 1.54) is 38.5 Å². The molecule has 7 heteroatoms. The van der Waals surface area contributed by atoms with Gasteiger partial charge in [-0.1, -0.05) is 12.1 Å². The first-order chi connectivity index (χ1) is 15.4. The third-order valence-electron chi connectivity index (χ3n) is 5.26. The lowest BCUT2D eigenvalue weighted by Crippen LogP contribution is -2.07. The van der Waals surface area contributed by atoms with Crippen molar-refractivity contribution >= 4 is 11.0 Å². The van der Waals surface area contributed by atoms with Gasteiger partial charge in [0.1, 0.15) is 29.6 Å². The number of hydrogen-bond donors (Lipinski definition) is 0. The Morgan fingerprint density at radius 2 is 1.62 bits per heavy atom. The SMILES string of the molecule is COc1ccc(-c2c(C)c3ccc(OCc4c(F)cccc4F)cc3oc2=O)cc1OC. The smallest absolute Gasteiger partial charge is 0.344 e. The molecule has 0 aliphatic heterocycles. The van der Waals surface area contributed by atoms with Crippen molar-refractivity contribution in [2.24, 2.45) is 0 Å². The molecule has 0 spiro atoms. The molecule has 32 heavy (non-hydrogen) atoms. The van der Waals surface area contributed by atoms with Crippen molar-refractivity contribution in [3.8, 4) is 28.4 Å². The van der Waals surface area contributed by atoms with E-state index in [0.717, 1.165) is 5.56 Å². The molecule has 0 atom stereocenters. The van der Waals surface area contributed by atoms with Crippen molar-refractivity contribution in [3.63, 3.8) is 0 Å². The van der Waals surface area contributed by atoms with Crippen LogP contribution in [0.3, 0.4) is 0 Å². The summed E-state index contributed by atoms with van der Waals surface area (Å²) in [5, 5.41) is 0.707. The molecule has 164 valence electrons. The normalized spacial score (nSPS) is 10.9. The molecule has 1 aromatic heterocycles. The van der Waals surface area contributed by atoms with E-state index in [2.05, 4.69) is 0 Å². The maximum atomic E-state index is 13.8. The van der Waals surface area contributed by atoms with Gasteiger partial charge in [-0.25, -0.2) is 13.6 Å². The van der Waals surface area contributed by atoms with Crippen molar-refractivity contribution in [2.75, 3.05) is 14.2 Å². The average molecular weight is 438 g/mol. The highest BCUT2D eigenvalue weighted by atomic mass is 19.1. The molecular weight excluding hydrogens is 418 g/mol. The molecule has 0 aliphatic rings. The van der Waals surface area contributed by atoms with Crippen LogP contribution in [0.5, 0.6) is 17.2 Å². The van der Waals surface area contributed by atoms with E-state index in [0.29, 0.717) is 39.3 Å². The van der Waals surface area contributed by atoms with Gasteiger partial charge in [0, 0.05) is 11.5 Å². The maximum Gasteiger partial charge on any atom is 0.344 e. The van der Waals surface area contributed by atoms with Crippen molar-refractivity contribution in [2.45, 2.75) is 13.5 Å². The largest absolute Gasteiger partial charge is 0.493 e. The van der Waals surface area contributed by atoms with Gasteiger partial charge in [0.15, 0.2) is 11.5 Å². The Hall–Kier alpha value is -3.87. The van der Waals surface area contributed by atoms with Gasteiger partial charge in [0.25, 0.3) is 0 Å². The second-order valence-electron chi connectivity index (χ2n) is 7.11. The van der Waals surface area contributed by atoms with Crippen LogP contribution in [0.4, 0.5) is 8.78 Å². The van der Waals surface area contributed by atoms with Crippen LogP contribution in [0.2, 0.25) is 0 Å². The van der Waals surface area contributed by atoms with E-state index >= 15 is 0 Å². The zero-order chi connectivity index (χ0) is 22.8. The number of methoxy groups -OCH3 is 2. The second kappa shape index (κ2) is 8.70. The molecule has 0 saturated carbocycles. The highest BCUT2D eigenvalue weighted by molar-refractivity contribution is 5.87. The van der Waals surface area contributed by atoms with Gasteiger partial charge in [-0.15, -0.1) is 0 Å².